The summed E-state index contributed by atoms with van der Waals surface area (Å²) in [7, 11) is 0. The fourth-order valence-electron chi connectivity index (χ4n) is 3.73. The van der Waals surface area contributed by atoms with Gasteiger partial charge in [-0.15, -0.1) is 0 Å². The first-order chi connectivity index (χ1) is 13.4. The van der Waals surface area contributed by atoms with Gasteiger partial charge in [0, 0.05) is 36.2 Å². The molecule has 28 heavy (non-hydrogen) atoms. The number of hydrogen-bond acceptors (Lipinski definition) is 6. The number of hydrogen-bond donors (Lipinski definition) is 3. The van der Waals surface area contributed by atoms with Crippen molar-refractivity contribution in [3.8, 4) is 5.75 Å². The monoisotopic (exact) mass is 390 g/mol. The molecule has 4 atom stereocenters. The topological polar surface area (TPSA) is 106 Å². The first-order valence-electron chi connectivity index (χ1n) is 8.89. The number of benzene rings is 1. The summed E-state index contributed by atoms with van der Waals surface area (Å²) in [5.74, 6) is -2.04. The van der Waals surface area contributed by atoms with Gasteiger partial charge in [-0.3, -0.25) is 0 Å². The molecule has 9 heteroatoms. The number of ether oxygens (including phenoxy) is 1. The van der Waals surface area contributed by atoms with Crippen molar-refractivity contribution in [2.45, 2.75) is 44.2 Å². The van der Waals surface area contributed by atoms with Crippen LogP contribution in [-0.4, -0.2) is 43.1 Å². The van der Waals surface area contributed by atoms with Crippen LogP contribution in [0.2, 0.25) is 0 Å². The van der Waals surface area contributed by atoms with Gasteiger partial charge in [0.25, 0.3) is 0 Å². The van der Waals surface area contributed by atoms with Crippen molar-refractivity contribution in [3.05, 3.63) is 53.6 Å². The molecule has 4 rings (SSSR count). The van der Waals surface area contributed by atoms with Gasteiger partial charge < -0.3 is 25.3 Å². The van der Waals surface area contributed by atoms with Crippen molar-refractivity contribution >= 4 is 11.0 Å². The van der Waals surface area contributed by atoms with Gasteiger partial charge in [-0.1, -0.05) is 0 Å². The Hall–Kier alpha value is -2.62. The van der Waals surface area contributed by atoms with E-state index in [1.165, 1.54) is 6.33 Å². The third kappa shape index (κ3) is 3.01. The van der Waals surface area contributed by atoms with Gasteiger partial charge in [-0.25, -0.2) is 18.7 Å². The first-order valence-corrected chi connectivity index (χ1v) is 8.89. The largest absolute Gasteiger partial charge is 0.487 e. The predicted molar refractivity (Wildman–Crippen MR) is 96.6 cm³/mol. The third-order valence-corrected chi connectivity index (χ3v) is 5.27. The fourth-order valence-corrected chi connectivity index (χ4v) is 3.73. The number of aromatic nitrogens is 3. The lowest BCUT2D eigenvalue weighted by molar-refractivity contribution is -0.0166. The Balaban J connectivity index is 1.63. The average molecular weight is 390 g/mol. The second-order valence-corrected chi connectivity index (χ2v) is 6.94. The molecule has 2 heterocycles. The molecule has 0 bridgehead atoms. The van der Waals surface area contributed by atoms with Crippen LogP contribution in [0.5, 0.6) is 5.75 Å². The molecule has 1 aliphatic rings. The molecule has 4 N–H and O–H groups in total. The highest BCUT2D eigenvalue weighted by molar-refractivity contribution is 5.78. The van der Waals surface area contributed by atoms with E-state index >= 15 is 0 Å². The maximum Gasteiger partial charge on any atom is 0.162 e. The van der Waals surface area contributed by atoms with E-state index in [-0.39, 0.29) is 24.3 Å². The Morgan fingerprint density at radius 1 is 1.21 bits per heavy atom. The molecule has 0 spiro atoms. The summed E-state index contributed by atoms with van der Waals surface area (Å²) in [4.78, 5) is 8.42. The van der Waals surface area contributed by atoms with Crippen molar-refractivity contribution in [3.63, 3.8) is 0 Å². The first kappa shape index (κ1) is 18.7. The lowest BCUT2D eigenvalue weighted by Gasteiger charge is -2.20. The van der Waals surface area contributed by atoms with Crippen LogP contribution in [0.1, 0.15) is 23.7 Å². The number of halogens is 2. The predicted octanol–water partition coefficient (Wildman–Crippen LogP) is 1.59. The minimum atomic E-state index is -1.22. The summed E-state index contributed by atoms with van der Waals surface area (Å²) in [6, 6.07) is 3.23. The van der Waals surface area contributed by atoms with Crippen molar-refractivity contribution in [2.24, 2.45) is 5.73 Å². The normalized spacial score (nSPS) is 24.8. The number of aryl methyl sites for hydroxylation is 1. The molecule has 0 saturated heterocycles. The smallest absolute Gasteiger partial charge is 0.162 e. The van der Waals surface area contributed by atoms with Crippen molar-refractivity contribution < 1.29 is 23.7 Å². The van der Waals surface area contributed by atoms with Gasteiger partial charge in [0.15, 0.2) is 11.6 Å². The number of rotatable bonds is 4. The van der Waals surface area contributed by atoms with Crippen LogP contribution in [0.15, 0.2) is 30.7 Å². The number of nitrogens with two attached hydrogens (primary N) is 1. The summed E-state index contributed by atoms with van der Waals surface area (Å²) in [5.41, 5.74) is 7.31. The highest BCUT2D eigenvalue weighted by atomic mass is 19.2. The highest BCUT2D eigenvalue weighted by Crippen LogP contribution is 2.36. The zero-order valence-electron chi connectivity index (χ0n) is 15.1. The van der Waals surface area contributed by atoms with Crippen molar-refractivity contribution in [1.29, 1.82) is 0 Å². The molecule has 148 valence electrons. The van der Waals surface area contributed by atoms with Gasteiger partial charge in [0.2, 0.25) is 0 Å². The number of aliphatic hydroxyl groups is 2. The molecule has 0 amide bonds. The molecule has 0 aliphatic heterocycles. The molecule has 2 aromatic heterocycles. The van der Waals surface area contributed by atoms with Crippen LogP contribution in [0.25, 0.3) is 11.0 Å². The summed E-state index contributed by atoms with van der Waals surface area (Å²) < 4.78 is 34.6. The van der Waals surface area contributed by atoms with Crippen molar-refractivity contribution in [2.75, 3.05) is 0 Å². The molecule has 1 saturated carbocycles. The molecule has 3 aromatic rings. The fraction of sp³-hybridized carbons (Fsp3) is 0.368. The van der Waals surface area contributed by atoms with Gasteiger partial charge in [-0.2, -0.15) is 0 Å². The minimum absolute atomic E-state index is 0.0498. The Morgan fingerprint density at radius 2 is 1.96 bits per heavy atom. The van der Waals surface area contributed by atoms with Crippen LogP contribution >= 0.6 is 0 Å². The molecule has 1 fully saturated rings. The molecule has 2 unspecified atom stereocenters. The third-order valence-electron chi connectivity index (χ3n) is 5.27. The Kier molecular flexibility index (Phi) is 4.74. The molecule has 0 radical (unpaired) electrons. The maximum atomic E-state index is 13.6. The van der Waals surface area contributed by atoms with Crippen LogP contribution in [0.3, 0.4) is 0 Å². The van der Waals surface area contributed by atoms with E-state index in [9.17, 15) is 19.0 Å². The lowest BCUT2D eigenvalue weighted by Crippen LogP contribution is -2.34. The van der Waals surface area contributed by atoms with Crippen LogP contribution < -0.4 is 10.5 Å². The van der Waals surface area contributed by atoms with Gasteiger partial charge in [-0.05, 0) is 19.1 Å². The average Bonchev–Trinajstić information content (AvgIpc) is 3.22. The van der Waals surface area contributed by atoms with Gasteiger partial charge in [0.05, 0.1) is 11.7 Å². The molecule has 7 nitrogen and oxygen atoms in total. The molecular formula is C19H20F2N4O3. The number of fused-ring (bicyclic) bond motifs is 1. The van der Waals surface area contributed by atoms with Gasteiger partial charge in [0.1, 0.15) is 36.0 Å². The number of nitrogens with zero attached hydrogens (tertiary/aromatic N) is 3. The van der Waals surface area contributed by atoms with E-state index in [1.54, 1.807) is 10.8 Å². The van der Waals surface area contributed by atoms with E-state index in [2.05, 4.69) is 9.97 Å². The van der Waals surface area contributed by atoms with E-state index in [0.717, 1.165) is 23.2 Å². The molecular weight excluding hydrogens is 370 g/mol. The van der Waals surface area contributed by atoms with Crippen LogP contribution in [0.4, 0.5) is 8.78 Å². The SMILES string of the molecule is Cc1ncnc2c1ccn2C1CC(Oc2cc(F)c(F)cc2CN)[C@@H](O)[C@H]1O. The van der Waals surface area contributed by atoms with E-state index in [0.29, 0.717) is 5.65 Å². The number of aliphatic hydroxyl groups excluding tert-OH is 2. The zero-order chi connectivity index (χ0) is 20.0. The summed E-state index contributed by atoms with van der Waals surface area (Å²) in [5, 5.41) is 21.9. The molecule has 1 aromatic carbocycles. The second-order valence-electron chi connectivity index (χ2n) is 6.94. The van der Waals surface area contributed by atoms with E-state index in [4.69, 9.17) is 10.5 Å². The summed E-state index contributed by atoms with van der Waals surface area (Å²) in [6.07, 6.45) is 0.299. The minimum Gasteiger partial charge on any atom is -0.487 e. The van der Waals surface area contributed by atoms with E-state index in [1.807, 2.05) is 13.0 Å². The lowest BCUT2D eigenvalue weighted by atomic mass is 10.1. The Morgan fingerprint density at radius 3 is 2.71 bits per heavy atom. The van der Waals surface area contributed by atoms with Crippen LogP contribution in [0, 0.1) is 18.6 Å². The zero-order valence-corrected chi connectivity index (χ0v) is 15.1. The second kappa shape index (κ2) is 7.08. The van der Waals surface area contributed by atoms with Crippen molar-refractivity contribution in [1.82, 2.24) is 14.5 Å². The van der Waals surface area contributed by atoms with E-state index < -0.39 is 36.0 Å². The Labute approximate surface area is 159 Å². The standard InChI is InChI=1S/C19H20F2N4O3/c1-9-11-2-3-25(19(11)24-8-23-9)14-6-16(18(27)17(14)26)28-15-5-13(21)12(20)4-10(15)7-22/h2-5,8,14,16-18,26-27H,6-7,22H2,1H3/t14?,16?,17-,18+/m0/s1. The summed E-state index contributed by atoms with van der Waals surface area (Å²) >= 11 is 0. The maximum absolute atomic E-state index is 13.6. The molecule has 1 aliphatic carbocycles. The summed E-state index contributed by atoms with van der Waals surface area (Å²) in [6.45, 7) is 1.80. The Bertz CT molecular complexity index is 1030. The van der Waals surface area contributed by atoms with Crippen LogP contribution in [-0.2, 0) is 6.54 Å². The highest BCUT2D eigenvalue weighted by Gasteiger charge is 2.44. The quantitative estimate of drug-likeness (QED) is 0.625. The van der Waals surface area contributed by atoms with Gasteiger partial charge >= 0.3 is 0 Å².